The molecule has 1 radical (unpaired) electrons. The van der Waals surface area contributed by atoms with Crippen LogP contribution < -0.4 is 0 Å². The molecule has 0 unspecified atom stereocenters. The van der Waals surface area contributed by atoms with Crippen LogP contribution in [0.3, 0.4) is 0 Å². The molecule has 0 aliphatic heterocycles. The van der Waals surface area contributed by atoms with Crippen molar-refractivity contribution in [2.75, 3.05) is 0 Å². The summed E-state index contributed by atoms with van der Waals surface area (Å²) in [4.78, 5) is 26.0. The number of carbonyl (C=O) groups excluding carboxylic acids is 1. The Morgan fingerprint density at radius 3 is 2.06 bits per heavy atom. The molecule has 0 aliphatic carbocycles. The maximum Gasteiger partial charge on any atom is 0.162 e. The van der Waals surface area contributed by atoms with Crippen LogP contribution in [0.2, 0.25) is 0 Å². The zero-order valence-electron chi connectivity index (χ0n) is 32.0. The van der Waals surface area contributed by atoms with Crippen molar-refractivity contribution in [1.82, 2.24) is 15.0 Å². The quantitative estimate of drug-likeness (QED) is 0.0692. The number of allylic oxidation sites excluding steroid dienone is 2. The Bertz CT molecular complexity index is 1960. The Kier molecular flexibility index (Phi) is 14.1. The predicted molar refractivity (Wildman–Crippen MR) is 207 cm³/mol. The molecule has 0 saturated carbocycles. The number of aliphatic hydroxyl groups excluding tert-OH is 1. The van der Waals surface area contributed by atoms with Gasteiger partial charge >= 0.3 is 0 Å². The van der Waals surface area contributed by atoms with Crippen LogP contribution in [0, 0.1) is 30.2 Å². The van der Waals surface area contributed by atoms with Crippen LogP contribution in [-0.2, 0) is 36.7 Å². The van der Waals surface area contributed by atoms with Crippen LogP contribution in [-0.4, -0.2) is 25.8 Å². The van der Waals surface area contributed by atoms with E-state index in [2.05, 4.69) is 96.1 Å². The average molecular weight is 851 g/mol. The third-order valence-corrected chi connectivity index (χ3v) is 9.41. The topological polar surface area (TPSA) is 76.0 Å². The number of nitrogens with zero attached hydrogens (tertiary/aromatic N) is 3. The van der Waals surface area contributed by atoms with Gasteiger partial charge in [-0.3, -0.25) is 14.8 Å². The summed E-state index contributed by atoms with van der Waals surface area (Å²) in [5, 5.41) is 14.2. The molecular weight excluding hydrogens is 795 g/mol. The first-order valence-electron chi connectivity index (χ1n) is 18.0. The van der Waals surface area contributed by atoms with Crippen molar-refractivity contribution in [1.29, 1.82) is 0 Å². The van der Waals surface area contributed by atoms with Gasteiger partial charge in [-0.05, 0) is 66.2 Å². The Hall–Kier alpha value is -3.47. The van der Waals surface area contributed by atoms with E-state index in [0.717, 1.165) is 76.2 Å². The molecule has 2 aromatic heterocycles. The zero-order valence-corrected chi connectivity index (χ0v) is 34.4. The fraction of sp³-hybridized carbons (Fsp3) is 0.455. The van der Waals surface area contributed by atoms with Crippen LogP contribution in [0.1, 0.15) is 112 Å². The average Bonchev–Trinajstić information content (AvgIpc) is 3.04. The predicted octanol–water partition coefficient (Wildman–Crippen LogP) is 11.9. The van der Waals surface area contributed by atoms with E-state index in [1.807, 2.05) is 34.6 Å². The number of hydrogen-bond acceptors (Lipinski definition) is 5. The van der Waals surface area contributed by atoms with E-state index in [4.69, 9.17) is 15.0 Å². The number of carbonyl (C=O) groups is 1. The van der Waals surface area contributed by atoms with Crippen LogP contribution in [0.4, 0.5) is 0 Å². The number of aromatic nitrogens is 3. The number of fused-ring (bicyclic) bond motifs is 4. The molecule has 3 aromatic carbocycles. The minimum atomic E-state index is -0.0537. The molecule has 5 aromatic rings. The maximum atomic E-state index is 11.7. The first-order chi connectivity index (χ1) is 23.1. The molecule has 0 amide bonds. The van der Waals surface area contributed by atoms with E-state index in [1.54, 1.807) is 6.33 Å². The molecule has 50 heavy (non-hydrogen) atoms. The summed E-state index contributed by atoms with van der Waals surface area (Å²) in [5.41, 5.74) is 7.69. The molecule has 269 valence electrons. The van der Waals surface area contributed by atoms with Crippen molar-refractivity contribution >= 4 is 38.4 Å². The standard InChI is InChI=1S/C31H32N3.C13H24O2.Ir/c1-19-8-10-22-15-23(16-26(28(22)34-19)31(5,6)7)27-25-13-11-21-14-20(17-30(2,3)4)9-12-24(21)29(25)33-18-32-27;1-5-10(6-2)12(14)9-13(15)11(7-3)8-4;/h8-14,16,18H,17H2,1-7H3;9-11,14H,5-8H2,1-4H3;/q-1;;/b;12-9-;. The number of pyridine rings is 1. The largest absolute Gasteiger partial charge is 0.512 e. The van der Waals surface area contributed by atoms with E-state index in [9.17, 15) is 9.90 Å². The Balaban J connectivity index is 0.000000361. The molecule has 5 nitrogen and oxygen atoms in total. The summed E-state index contributed by atoms with van der Waals surface area (Å²) in [7, 11) is 0. The number of aryl methyl sites for hydroxylation is 1. The second kappa shape index (κ2) is 17.2. The number of rotatable bonds is 9. The van der Waals surface area contributed by atoms with Crippen molar-refractivity contribution in [2.24, 2.45) is 17.3 Å². The summed E-state index contributed by atoms with van der Waals surface area (Å²) in [6.45, 7) is 23.6. The number of hydrogen-bond donors (Lipinski definition) is 1. The van der Waals surface area contributed by atoms with E-state index < -0.39 is 0 Å². The molecule has 0 saturated heterocycles. The van der Waals surface area contributed by atoms with E-state index in [-0.39, 0.29) is 54.3 Å². The van der Waals surface area contributed by atoms with Crippen LogP contribution in [0.25, 0.3) is 43.8 Å². The third kappa shape index (κ3) is 9.85. The Morgan fingerprint density at radius 1 is 0.820 bits per heavy atom. The summed E-state index contributed by atoms with van der Waals surface area (Å²) < 4.78 is 0. The molecule has 0 bridgehead atoms. The molecule has 0 atom stereocenters. The summed E-state index contributed by atoms with van der Waals surface area (Å²) in [5.74, 6) is 0.547. The Labute approximate surface area is 313 Å². The molecule has 0 aliphatic rings. The van der Waals surface area contributed by atoms with Gasteiger partial charge in [0.25, 0.3) is 0 Å². The van der Waals surface area contributed by atoms with Gasteiger partial charge in [-0.1, -0.05) is 122 Å². The molecule has 5 rings (SSSR count). The zero-order chi connectivity index (χ0) is 36.1. The SMILES string of the molecule is CCC(CC)C(=O)/C=C(\O)C(CC)CC.Cc1ccc2[c-]c(-c3ncnc4c3ccc3cc(CC(C)(C)C)ccc34)cc(C(C)(C)C)c2n1.[Ir]. The molecular formula is C44H56IrN3O2-. The number of aliphatic hydroxyl groups is 1. The Morgan fingerprint density at radius 2 is 1.46 bits per heavy atom. The second-order valence-corrected chi connectivity index (χ2v) is 15.7. The first kappa shape index (κ1) is 41.0. The van der Waals surface area contributed by atoms with Gasteiger partial charge in [0.1, 0.15) is 6.33 Å². The molecule has 6 heteroatoms. The van der Waals surface area contributed by atoms with Gasteiger partial charge in [0, 0.05) is 60.3 Å². The van der Waals surface area contributed by atoms with Gasteiger partial charge < -0.3 is 5.11 Å². The first-order valence-corrected chi connectivity index (χ1v) is 18.0. The smallest absolute Gasteiger partial charge is 0.162 e. The van der Waals surface area contributed by atoms with Crippen molar-refractivity contribution in [3.05, 3.63) is 89.6 Å². The van der Waals surface area contributed by atoms with Crippen molar-refractivity contribution in [2.45, 2.75) is 114 Å². The third-order valence-electron chi connectivity index (χ3n) is 9.41. The van der Waals surface area contributed by atoms with Crippen LogP contribution in [0.5, 0.6) is 0 Å². The summed E-state index contributed by atoms with van der Waals surface area (Å²) in [6, 6.07) is 21.1. The van der Waals surface area contributed by atoms with Crippen LogP contribution in [0.15, 0.2) is 66.7 Å². The molecule has 0 fully saturated rings. The van der Waals surface area contributed by atoms with E-state index >= 15 is 0 Å². The normalized spacial score (nSPS) is 12.4. The van der Waals surface area contributed by atoms with Gasteiger partial charge in [0.2, 0.25) is 0 Å². The molecule has 1 N–H and O–H groups in total. The van der Waals surface area contributed by atoms with Gasteiger partial charge in [-0.2, -0.15) is 0 Å². The molecule has 0 spiro atoms. The van der Waals surface area contributed by atoms with Gasteiger partial charge in [0.05, 0.1) is 11.3 Å². The minimum absolute atomic E-state index is 0. The van der Waals surface area contributed by atoms with Gasteiger partial charge in [-0.15, -0.1) is 18.2 Å². The van der Waals surface area contributed by atoms with E-state index in [1.165, 1.54) is 22.6 Å². The van der Waals surface area contributed by atoms with E-state index in [0.29, 0.717) is 0 Å². The van der Waals surface area contributed by atoms with Gasteiger partial charge in [-0.25, -0.2) is 4.98 Å². The van der Waals surface area contributed by atoms with Crippen LogP contribution >= 0.6 is 0 Å². The number of benzene rings is 3. The monoisotopic (exact) mass is 851 g/mol. The summed E-state index contributed by atoms with van der Waals surface area (Å²) >= 11 is 0. The molecule has 2 heterocycles. The van der Waals surface area contributed by atoms with Crippen molar-refractivity contribution in [3.8, 4) is 11.3 Å². The fourth-order valence-electron chi connectivity index (χ4n) is 6.58. The fourth-order valence-corrected chi connectivity index (χ4v) is 6.58. The number of ketones is 1. The summed E-state index contributed by atoms with van der Waals surface area (Å²) in [6.07, 6.45) is 7.64. The second-order valence-electron chi connectivity index (χ2n) is 15.7. The van der Waals surface area contributed by atoms with Crippen molar-refractivity contribution in [3.63, 3.8) is 0 Å². The maximum absolute atomic E-state index is 11.7. The van der Waals surface area contributed by atoms with Crippen molar-refractivity contribution < 1.29 is 30.0 Å². The van der Waals surface area contributed by atoms with Gasteiger partial charge in [0.15, 0.2) is 5.78 Å². The minimum Gasteiger partial charge on any atom is -0.512 e.